The highest BCUT2D eigenvalue weighted by Gasteiger charge is 2.14. The van der Waals surface area contributed by atoms with Crippen LogP contribution < -0.4 is 16.1 Å². The van der Waals surface area contributed by atoms with Gasteiger partial charge in [-0.05, 0) is 19.1 Å². The Balaban J connectivity index is 2.76. The predicted octanol–water partition coefficient (Wildman–Crippen LogP) is 1.61. The van der Waals surface area contributed by atoms with Crippen molar-refractivity contribution in [3.63, 3.8) is 0 Å². The first kappa shape index (κ1) is 11.2. The van der Waals surface area contributed by atoms with Gasteiger partial charge in [-0.15, -0.1) is 0 Å². The summed E-state index contributed by atoms with van der Waals surface area (Å²) in [5.74, 6) is -0.634. The van der Waals surface area contributed by atoms with Crippen molar-refractivity contribution in [1.82, 2.24) is 0 Å². The van der Waals surface area contributed by atoms with Crippen molar-refractivity contribution in [3.05, 3.63) is 34.2 Å². The second-order valence-electron chi connectivity index (χ2n) is 3.69. The van der Waals surface area contributed by atoms with Gasteiger partial charge in [0.1, 0.15) is 5.58 Å². The van der Waals surface area contributed by atoms with Crippen LogP contribution >= 0.6 is 0 Å². The zero-order valence-electron chi connectivity index (χ0n) is 9.44. The molecule has 0 radical (unpaired) electrons. The van der Waals surface area contributed by atoms with E-state index in [1.165, 1.54) is 6.92 Å². The van der Waals surface area contributed by atoms with Gasteiger partial charge >= 0.3 is 11.6 Å². The number of carbonyl (C=O) groups excluding carboxylic acids is 1. The number of hydrogen-bond acceptors (Lipinski definition) is 5. The van der Waals surface area contributed by atoms with Crippen molar-refractivity contribution >= 4 is 22.6 Å². The summed E-state index contributed by atoms with van der Waals surface area (Å²) in [6, 6.07) is 4.96. The maximum absolute atomic E-state index is 11.6. The minimum absolute atomic E-state index is 0.0743. The SMILES string of the molecule is CC(=O)Oc1c(C)c2ccc(N)cc2oc1=O. The smallest absolute Gasteiger partial charge is 0.380 e. The number of ether oxygens (including phenoxy) is 1. The molecule has 0 atom stereocenters. The Hall–Kier alpha value is -2.30. The summed E-state index contributed by atoms with van der Waals surface area (Å²) >= 11 is 0. The summed E-state index contributed by atoms with van der Waals surface area (Å²) in [6.45, 7) is 2.92. The van der Waals surface area contributed by atoms with E-state index in [-0.39, 0.29) is 5.75 Å². The zero-order chi connectivity index (χ0) is 12.6. The lowest BCUT2D eigenvalue weighted by Gasteiger charge is -2.06. The minimum Gasteiger partial charge on any atom is -0.420 e. The Kier molecular flexibility index (Phi) is 2.59. The maximum atomic E-state index is 11.6. The number of rotatable bonds is 1. The van der Waals surface area contributed by atoms with Crippen LogP contribution in [0.3, 0.4) is 0 Å². The largest absolute Gasteiger partial charge is 0.420 e. The Labute approximate surface area is 96.8 Å². The van der Waals surface area contributed by atoms with Crippen molar-refractivity contribution in [2.45, 2.75) is 13.8 Å². The van der Waals surface area contributed by atoms with Crippen molar-refractivity contribution in [2.24, 2.45) is 0 Å². The van der Waals surface area contributed by atoms with Crippen molar-refractivity contribution in [2.75, 3.05) is 5.73 Å². The first-order valence-electron chi connectivity index (χ1n) is 5.00. The number of aryl methyl sites for hydroxylation is 1. The molecule has 1 aromatic heterocycles. The van der Waals surface area contributed by atoms with Crippen LogP contribution in [0.15, 0.2) is 27.4 Å². The monoisotopic (exact) mass is 233 g/mol. The molecule has 88 valence electrons. The maximum Gasteiger partial charge on any atom is 0.380 e. The third-order valence-electron chi connectivity index (χ3n) is 2.38. The van der Waals surface area contributed by atoms with Gasteiger partial charge in [0.15, 0.2) is 0 Å². The Morgan fingerprint density at radius 3 is 2.76 bits per heavy atom. The molecule has 5 heteroatoms. The number of benzene rings is 1. The van der Waals surface area contributed by atoms with Crippen LogP contribution in [0.4, 0.5) is 5.69 Å². The highest BCUT2D eigenvalue weighted by atomic mass is 16.5. The summed E-state index contributed by atoms with van der Waals surface area (Å²) in [6.07, 6.45) is 0. The van der Waals surface area contributed by atoms with E-state index in [4.69, 9.17) is 14.9 Å². The molecule has 2 aromatic rings. The van der Waals surface area contributed by atoms with Gasteiger partial charge in [0.25, 0.3) is 0 Å². The van der Waals surface area contributed by atoms with Gasteiger partial charge in [-0.2, -0.15) is 0 Å². The van der Waals surface area contributed by atoms with Crippen LogP contribution in [-0.2, 0) is 4.79 Å². The van der Waals surface area contributed by atoms with E-state index in [0.29, 0.717) is 22.2 Å². The fraction of sp³-hybridized carbons (Fsp3) is 0.167. The van der Waals surface area contributed by atoms with Crippen molar-refractivity contribution in [3.8, 4) is 5.75 Å². The molecule has 0 unspecified atom stereocenters. The topological polar surface area (TPSA) is 82.5 Å². The molecular weight excluding hydrogens is 222 g/mol. The molecule has 0 spiro atoms. The van der Waals surface area contributed by atoms with E-state index in [2.05, 4.69) is 0 Å². The van der Waals surface area contributed by atoms with Gasteiger partial charge in [-0.1, -0.05) is 0 Å². The molecule has 0 aliphatic rings. The summed E-state index contributed by atoms with van der Waals surface area (Å²) in [7, 11) is 0. The molecule has 0 amide bonds. The number of nitrogens with two attached hydrogens (primary N) is 1. The molecule has 0 bridgehead atoms. The average molecular weight is 233 g/mol. The van der Waals surface area contributed by atoms with Crippen molar-refractivity contribution < 1.29 is 13.9 Å². The predicted molar refractivity (Wildman–Crippen MR) is 62.9 cm³/mol. The van der Waals surface area contributed by atoms with Gasteiger partial charge in [-0.25, -0.2) is 4.79 Å². The van der Waals surface area contributed by atoms with Crippen LogP contribution in [0.1, 0.15) is 12.5 Å². The Morgan fingerprint density at radius 2 is 2.12 bits per heavy atom. The lowest BCUT2D eigenvalue weighted by atomic mass is 10.1. The molecule has 0 saturated carbocycles. The number of anilines is 1. The molecular formula is C12H11NO4. The van der Waals surface area contributed by atoms with Gasteiger partial charge < -0.3 is 14.9 Å². The lowest BCUT2D eigenvalue weighted by molar-refractivity contribution is -0.132. The van der Waals surface area contributed by atoms with Gasteiger partial charge in [0, 0.05) is 29.6 Å². The Bertz CT molecular complexity index is 657. The van der Waals surface area contributed by atoms with E-state index in [9.17, 15) is 9.59 Å². The normalized spacial score (nSPS) is 10.5. The third kappa shape index (κ3) is 1.99. The molecule has 1 heterocycles. The lowest BCUT2D eigenvalue weighted by Crippen LogP contribution is -2.12. The quantitative estimate of drug-likeness (QED) is 0.459. The highest BCUT2D eigenvalue weighted by Crippen LogP contribution is 2.25. The molecule has 1 aromatic carbocycles. The number of esters is 1. The van der Waals surface area contributed by atoms with E-state index in [1.807, 2.05) is 0 Å². The first-order valence-corrected chi connectivity index (χ1v) is 5.00. The molecule has 2 N–H and O–H groups in total. The van der Waals surface area contributed by atoms with E-state index in [1.54, 1.807) is 25.1 Å². The second-order valence-corrected chi connectivity index (χ2v) is 3.69. The summed E-state index contributed by atoms with van der Waals surface area (Å²) in [5.41, 5.74) is 6.35. The standard InChI is InChI=1S/C12H11NO4/c1-6-9-4-3-8(13)5-10(9)17-12(15)11(6)16-7(2)14/h3-5H,13H2,1-2H3. The molecule has 0 fully saturated rings. The molecule has 2 rings (SSSR count). The summed E-state index contributed by atoms with van der Waals surface area (Å²) in [4.78, 5) is 22.5. The molecule has 0 saturated heterocycles. The second kappa shape index (κ2) is 3.93. The van der Waals surface area contributed by atoms with Crippen LogP contribution in [0.25, 0.3) is 11.0 Å². The molecule has 5 nitrogen and oxygen atoms in total. The van der Waals surface area contributed by atoms with Gasteiger partial charge in [0.2, 0.25) is 5.75 Å². The highest BCUT2D eigenvalue weighted by molar-refractivity contribution is 5.85. The van der Waals surface area contributed by atoms with Crippen LogP contribution in [-0.4, -0.2) is 5.97 Å². The zero-order valence-corrected chi connectivity index (χ0v) is 9.44. The number of nitrogen functional groups attached to an aromatic ring is 1. The first-order chi connectivity index (χ1) is 7.99. The van der Waals surface area contributed by atoms with Gasteiger partial charge in [-0.3, -0.25) is 4.79 Å². The van der Waals surface area contributed by atoms with Crippen LogP contribution in [0, 0.1) is 6.92 Å². The number of fused-ring (bicyclic) bond motifs is 1. The summed E-state index contributed by atoms with van der Waals surface area (Å²) in [5, 5.41) is 0.690. The van der Waals surface area contributed by atoms with Crippen LogP contribution in [0.2, 0.25) is 0 Å². The van der Waals surface area contributed by atoms with Gasteiger partial charge in [0.05, 0.1) is 0 Å². The molecule has 0 aliphatic carbocycles. The van der Waals surface area contributed by atoms with Crippen LogP contribution in [0.5, 0.6) is 5.75 Å². The fourth-order valence-corrected chi connectivity index (χ4v) is 1.62. The third-order valence-corrected chi connectivity index (χ3v) is 2.38. The van der Waals surface area contributed by atoms with E-state index < -0.39 is 11.6 Å². The fourth-order valence-electron chi connectivity index (χ4n) is 1.62. The molecule has 0 aliphatic heterocycles. The Morgan fingerprint density at radius 1 is 1.41 bits per heavy atom. The number of carbonyl (C=O) groups is 1. The van der Waals surface area contributed by atoms with E-state index >= 15 is 0 Å². The van der Waals surface area contributed by atoms with Crippen molar-refractivity contribution in [1.29, 1.82) is 0 Å². The van der Waals surface area contributed by atoms with E-state index in [0.717, 1.165) is 0 Å². The minimum atomic E-state index is -0.684. The molecule has 17 heavy (non-hydrogen) atoms. The summed E-state index contributed by atoms with van der Waals surface area (Å²) < 4.78 is 9.88. The number of hydrogen-bond donors (Lipinski definition) is 1. The average Bonchev–Trinajstić information content (AvgIpc) is 2.23.